The second kappa shape index (κ2) is 19.4. The van der Waals surface area contributed by atoms with Gasteiger partial charge in [0.25, 0.3) is 0 Å². The Balaban J connectivity index is 0.00000675. The van der Waals surface area contributed by atoms with Crippen molar-refractivity contribution in [2.45, 2.75) is 57.5 Å². The first kappa shape index (κ1) is 37.2. The van der Waals surface area contributed by atoms with Crippen LogP contribution in [0.5, 0.6) is 0 Å². The van der Waals surface area contributed by atoms with Crippen LogP contribution in [0.2, 0.25) is 0 Å². The number of quaternary nitrogens is 1. The zero-order valence-corrected chi connectivity index (χ0v) is 28.5. The monoisotopic (exact) mass is 674 g/mol. The highest BCUT2D eigenvalue weighted by atomic mass is 79.9. The van der Waals surface area contributed by atoms with Crippen LogP contribution < -0.4 is 22.3 Å². The number of halogens is 1. The van der Waals surface area contributed by atoms with Crippen molar-refractivity contribution in [3.05, 3.63) is 54.6 Å². The molecule has 0 atom stereocenters. The lowest BCUT2D eigenvalue weighted by Crippen LogP contribution is -3.00. The van der Waals surface area contributed by atoms with E-state index < -0.39 is 6.09 Å². The minimum Gasteiger partial charge on any atom is -1.00 e. The number of esters is 1. The van der Waals surface area contributed by atoms with Gasteiger partial charge < -0.3 is 40.7 Å². The Labute approximate surface area is 274 Å². The zero-order valence-electron chi connectivity index (χ0n) is 26.9. The summed E-state index contributed by atoms with van der Waals surface area (Å²) in [6.07, 6.45) is 5.88. The van der Waals surface area contributed by atoms with E-state index >= 15 is 0 Å². The van der Waals surface area contributed by atoms with Crippen molar-refractivity contribution in [2.75, 3.05) is 72.8 Å². The van der Waals surface area contributed by atoms with E-state index in [0.717, 1.165) is 92.5 Å². The molecule has 3 rings (SSSR count). The Morgan fingerprint density at radius 3 is 2.27 bits per heavy atom. The lowest BCUT2D eigenvalue weighted by molar-refractivity contribution is -0.890. The molecule has 1 N–H and O–H groups in total. The molecule has 2 aromatic carbocycles. The maximum atomic E-state index is 12.7. The van der Waals surface area contributed by atoms with Crippen molar-refractivity contribution in [2.24, 2.45) is 0 Å². The van der Waals surface area contributed by atoms with Crippen molar-refractivity contribution >= 4 is 23.7 Å². The number of hydrogen-bond donors (Lipinski definition) is 1. The van der Waals surface area contributed by atoms with Crippen molar-refractivity contribution in [3.8, 4) is 11.1 Å². The van der Waals surface area contributed by atoms with Gasteiger partial charge in [-0.1, -0.05) is 48.5 Å². The Hall–Kier alpha value is -2.95. The third-order valence-electron chi connectivity index (χ3n) is 8.26. The van der Waals surface area contributed by atoms with Gasteiger partial charge in [-0.05, 0) is 43.7 Å². The first-order valence-corrected chi connectivity index (χ1v) is 15.6. The molecule has 1 saturated heterocycles. The first-order valence-electron chi connectivity index (χ1n) is 15.6. The number of nitrogens with one attached hydrogen (secondary N) is 1. The number of hydrogen-bond acceptors (Lipinski definition) is 6. The summed E-state index contributed by atoms with van der Waals surface area (Å²) < 4.78 is 11.3. The van der Waals surface area contributed by atoms with Gasteiger partial charge in [-0.25, -0.2) is 4.79 Å². The summed E-state index contributed by atoms with van der Waals surface area (Å²) in [5.41, 5.74) is 2.74. The fourth-order valence-electron chi connectivity index (χ4n) is 5.47. The molecule has 0 aromatic heterocycles. The lowest BCUT2D eigenvalue weighted by Gasteiger charge is -2.32. The van der Waals surface area contributed by atoms with Crippen LogP contribution in [0.3, 0.4) is 0 Å². The number of nitrogens with zero attached hydrogens (tertiary/aromatic N) is 3. The minimum atomic E-state index is -0.423. The highest BCUT2D eigenvalue weighted by Gasteiger charge is 2.23. The van der Waals surface area contributed by atoms with Crippen LogP contribution in [0.1, 0.15) is 51.4 Å². The summed E-state index contributed by atoms with van der Waals surface area (Å²) in [4.78, 5) is 40.8. The zero-order chi connectivity index (χ0) is 31.1. The van der Waals surface area contributed by atoms with E-state index in [0.29, 0.717) is 19.4 Å². The number of anilines is 1. The van der Waals surface area contributed by atoms with Gasteiger partial charge in [-0.2, -0.15) is 0 Å². The summed E-state index contributed by atoms with van der Waals surface area (Å²) >= 11 is 0. The third-order valence-corrected chi connectivity index (χ3v) is 8.26. The molecule has 10 heteroatoms. The number of benzene rings is 2. The Bertz CT molecular complexity index is 1160. The summed E-state index contributed by atoms with van der Waals surface area (Å²) in [7, 11) is 7.69. The predicted molar refractivity (Wildman–Crippen MR) is 171 cm³/mol. The maximum absolute atomic E-state index is 12.7. The van der Waals surface area contributed by atoms with Crippen LogP contribution in [-0.2, 0) is 19.1 Å². The Morgan fingerprint density at radius 2 is 1.57 bits per heavy atom. The summed E-state index contributed by atoms with van der Waals surface area (Å²) in [5, 5.41) is 2.93. The van der Waals surface area contributed by atoms with Crippen LogP contribution in [0.25, 0.3) is 11.1 Å². The molecule has 0 unspecified atom stereocenters. The van der Waals surface area contributed by atoms with Gasteiger partial charge in [-0.3, -0.25) is 14.9 Å². The highest BCUT2D eigenvalue weighted by molar-refractivity contribution is 5.91. The number of carbonyl (C=O) groups excluding carboxylic acids is 3. The van der Waals surface area contributed by atoms with E-state index in [1.165, 1.54) is 7.11 Å². The van der Waals surface area contributed by atoms with Crippen LogP contribution in [0.15, 0.2) is 54.6 Å². The Kier molecular flexibility index (Phi) is 16.5. The summed E-state index contributed by atoms with van der Waals surface area (Å²) in [6, 6.07) is 17.7. The maximum Gasteiger partial charge on any atom is 0.411 e. The molecular formula is C34H51BrN4O5. The molecular weight excluding hydrogens is 624 g/mol. The quantitative estimate of drug-likeness (QED) is 0.167. The smallest absolute Gasteiger partial charge is 0.411 e. The van der Waals surface area contributed by atoms with E-state index in [9.17, 15) is 14.4 Å². The second-order valence-electron chi connectivity index (χ2n) is 12.2. The topological polar surface area (TPSA) is 88.2 Å². The third kappa shape index (κ3) is 13.4. The molecule has 0 aliphatic carbocycles. The van der Waals surface area contributed by atoms with Crippen molar-refractivity contribution in [1.29, 1.82) is 0 Å². The van der Waals surface area contributed by atoms with Crippen LogP contribution in [0, 0.1) is 0 Å². The predicted octanol–water partition coefficient (Wildman–Crippen LogP) is 2.42. The van der Waals surface area contributed by atoms with Gasteiger partial charge in [0.2, 0.25) is 5.91 Å². The van der Waals surface area contributed by atoms with Gasteiger partial charge >= 0.3 is 12.1 Å². The number of para-hydroxylation sites is 1. The average molecular weight is 676 g/mol. The van der Waals surface area contributed by atoms with E-state index in [1.54, 1.807) is 0 Å². The Morgan fingerprint density at radius 1 is 0.909 bits per heavy atom. The van der Waals surface area contributed by atoms with Gasteiger partial charge in [0.1, 0.15) is 6.10 Å². The van der Waals surface area contributed by atoms with Gasteiger partial charge in [0, 0.05) is 51.6 Å². The number of unbranched alkanes of at least 4 members (excludes halogenated alkanes) is 2. The summed E-state index contributed by atoms with van der Waals surface area (Å²) in [6.45, 7) is 5.18. The molecule has 1 aliphatic rings. The van der Waals surface area contributed by atoms with Gasteiger partial charge in [-0.15, -0.1) is 0 Å². The average Bonchev–Trinajstić information content (AvgIpc) is 3.00. The van der Waals surface area contributed by atoms with E-state index in [2.05, 4.69) is 24.3 Å². The second-order valence-corrected chi connectivity index (χ2v) is 12.2. The standard InChI is InChI=1S/C34H50N4O5.BrH/c1-36(32(39)18-9-6-12-26-38(2,3)27-13-19-33(40)42-4)24-25-37-22-20-29(21-23-37)43-34(41)35-31-17-11-10-16-30(31)28-14-7-5-8-15-28;/h5,7-8,10-11,14-17,29H,6,9,12-13,18-27H2,1-4H3;1H. The van der Waals surface area contributed by atoms with Crippen molar-refractivity contribution in [1.82, 2.24) is 9.80 Å². The molecule has 1 fully saturated rings. The molecule has 0 spiro atoms. The number of methoxy groups -OCH3 is 1. The number of rotatable bonds is 16. The molecule has 1 heterocycles. The van der Waals surface area contributed by atoms with Crippen LogP contribution in [-0.4, -0.2) is 106 Å². The van der Waals surface area contributed by atoms with E-state index in [4.69, 9.17) is 9.47 Å². The molecule has 0 bridgehead atoms. The largest absolute Gasteiger partial charge is 1.00 e. The number of likely N-dealkylation sites (tertiary alicyclic amines) is 1. The lowest BCUT2D eigenvalue weighted by atomic mass is 10.0. The molecule has 1 aliphatic heterocycles. The van der Waals surface area contributed by atoms with E-state index in [1.807, 2.05) is 66.5 Å². The highest BCUT2D eigenvalue weighted by Crippen LogP contribution is 2.28. The molecule has 2 aromatic rings. The van der Waals surface area contributed by atoms with Crippen molar-refractivity contribution in [3.63, 3.8) is 0 Å². The normalized spacial score (nSPS) is 13.9. The van der Waals surface area contributed by atoms with Crippen LogP contribution in [0.4, 0.5) is 10.5 Å². The minimum absolute atomic E-state index is 0. The molecule has 44 heavy (non-hydrogen) atoms. The molecule has 0 radical (unpaired) electrons. The van der Waals surface area contributed by atoms with Gasteiger partial charge in [0.15, 0.2) is 0 Å². The summed E-state index contributed by atoms with van der Waals surface area (Å²) in [5.74, 6) is 0.0418. The fourth-order valence-corrected chi connectivity index (χ4v) is 5.47. The SMILES string of the molecule is COC(=O)CCC[N+](C)(C)CCCCCC(=O)N(C)CCN1CCC(OC(=O)Nc2ccccc2-c2ccccc2)CC1.[Br-]. The van der Waals surface area contributed by atoms with Gasteiger partial charge in [0.05, 0.1) is 46.4 Å². The molecule has 9 nitrogen and oxygen atoms in total. The molecule has 0 saturated carbocycles. The number of amides is 2. The van der Waals surface area contributed by atoms with Crippen LogP contribution >= 0.6 is 0 Å². The number of likely N-dealkylation sites (N-methyl/N-ethyl adjacent to an activating group) is 1. The number of piperidine rings is 1. The van der Waals surface area contributed by atoms with Crippen molar-refractivity contribution < 1.29 is 45.3 Å². The fraction of sp³-hybridized carbons (Fsp3) is 0.559. The molecule has 2 amide bonds. The molecule has 244 valence electrons. The number of ether oxygens (including phenoxy) is 2. The van der Waals surface area contributed by atoms with E-state index in [-0.39, 0.29) is 35.0 Å². The number of carbonyl (C=O) groups is 3. The first-order chi connectivity index (χ1) is 20.7.